The molecule has 0 spiro atoms. The molecule has 0 aliphatic heterocycles. The molecule has 0 unspecified atom stereocenters. The maximum atomic E-state index is 10.9. The Kier molecular flexibility index (Phi) is 5.28. The van der Waals surface area contributed by atoms with Crippen molar-refractivity contribution in [3.05, 3.63) is 0 Å². The second-order valence-electron chi connectivity index (χ2n) is 2.98. The molecule has 0 aliphatic carbocycles. The van der Waals surface area contributed by atoms with Gasteiger partial charge in [0.1, 0.15) is 0 Å². The first-order chi connectivity index (χ1) is 5.52. The number of carbonyl (C=O) groups excluding carboxylic acids is 1. The molecule has 4 heteroatoms. The molecule has 0 radical (unpaired) electrons. The van der Waals surface area contributed by atoms with Crippen molar-refractivity contribution in [3.63, 3.8) is 0 Å². The predicted molar refractivity (Wildman–Crippen MR) is 47.8 cm³/mol. The largest absolute Gasteiger partial charge is 0.393 e. The summed E-state index contributed by atoms with van der Waals surface area (Å²) in [6.45, 7) is 5.26. The SMILES string of the molecule is CC(C)=NNC(=O)CC[C@@H](C)O. The van der Waals surface area contributed by atoms with Gasteiger partial charge in [0.15, 0.2) is 0 Å². The van der Waals surface area contributed by atoms with E-state index in [-0.39, 0.29) is 5.91 Å². The fourth-order valence-electron chi connectivity index (χ4n) is 0.570. The molecule has 0 saturated heterocycles. The molecule has 0 bridgehead atoms. The van der Waals surface area contributed by atoms with Crippen LogP contribution >= 0.6 is 0 Å². The van der Waals surface area contributed by atoms with Crippen LogP contribution in [0.4, 0.5) is 0 Å². The first kappa shape index (κ1) is 11.1. The summed E-state index contributed by atoms with van der Waals surface area (Å²) < 4.78 is 0. The zero-order chi connectivity index (χ0) is 9.56. The van der Waals surface area contributed by atoms with E-state index in [9.17, 15) is 4.79 Å². The number of carbonyl (C=O) groups is 1. The number of hydrazone groups is 1. The first-order valence-electron chi connectivity index (χ1n) is 4.00. The van der Waals surface area contributed by atoms with Crippen LogP contribution < -0.4 is 5.43 Å². The molecular weight excluding hydrogens is 156 g/mol. The van der Waals surface area contributed by atoms with E-state index in [0.29, 0.717) is 12.8 Å². The van der Waals surface area contributed by atoms with Crippen LogP contribution in [-0.4, -0.2) is 22.8 Å². The molecule has 0 aromatic heterocycles. The molecule has 4 nitrogen and oxygen atoms in total. The van der Waals surface area contributed by atoms with Gasteiger partial charge in [-0.2, -0.15) is 5.10 Å². The van der Waals surface area contributed by atoms with Crippen molar-refractivity contribution in [1.29, 1.82) is 0 Å². The van der Waals surface area contributed by atoms with Crippen LogP contribution in [0.2, 0.25) is 0 Å². The van der Waals surface area contributed by atoms with Crippen LogP contribution in [0.3, 0.4) is 0 Å². The number of hydrogen-bond acceptors (Lipinski definition) is 3. The van der Waals surface area contributed by atoms with E-state index in [1.54, 1.807) is 20.8 Å². The van der Waals surface area contributed by atoms with Gasteiger partial charge in [-0.15, -0.1) is 0 Å². The first-order valence-corrected chi connectivity index (χ1v) is 4.00. The summed E-state index contributed by atoms with van der Waals surface area (Å²) in [5.41, 5.74) is 3.18. The van der Waals surface area contributed by atoms with E-state index in [4.69, 9.17) is 5.11 Å². The highest BCUT2D eigenvalue weighted by atomic mass is 16.3. The second kappa shape index (κ2) is 5.71. The van der Waals surface area contributed by atoms with Gasteiger partial charge in [-0.25, -0.2) is 5.43 Å². The molecule has 1 atom stereocenters. The summed E-state index contributed by atoms with van der Waals surface area (Å²) in [5.74, 6) is -0.155. The number of aliphatic hydroxyl groups is 1. The van der Waals surface area contributed by atoms with E-state index < -0.39 is 6.10 Å². The Morgan fingerprint density at radius 1 is 1.58 bits per heavy atom. The number of hydrogen-bond donors (Lipinski definition) is 2. The Hall–Kier alpha value is -0.900. The van der Waals surface area contributed by atoms with E-state index in [0.717, 1.165) is 5.71 Å². The van der Waals surface area contributed by atoms with Crippen molar-refractivity contribution in [3.8, 4) is 0 Å². The van der Waals surface area contributed by atoms with Crippen molar-refractivity contribution in [2.45, 2.75) is 39.7 Å². The summed E-state index contributed by atoms with van der Waals surface area (Å²) in [6.07, 6.45) is 0.362. The molecule has 0 aromatic carbocycles. The van der Waals surface area contributed by atoms with Crippen molar-refractivity contribution < 1.29 is 9.90 Å². The van der Waals surface area contributed by atoms with Crippen molar-refractivity contribution in [2.75, 3.05) is 0 Å². The van der Waals surface area contributed by atoms with Crippen LogP contribution in [0.15, 0.2) is 5.10 Å². The predicted octanol–water partition coefficient (Wildman–Crippen LogP) is 0.659. The van der Waals surface area contributed by atoms with E-state index in [2.05, 4.69) is 10.5 Å². The minimum atomic E-state index is -0.428. The number of rotatable bonds is 4. The minimum Gasteiger partial charge on any atom is -0.393 e. The smallest absolute Gasteiger partial charge is 0.240 e. The lowest BCUT2D eigenvalue weighted by Crippen LogP contribution is -2.19. The molecule has 0 aliphatic rings. The van der Waals surface area contributed by atoms with Gasteiger partial charge in [-0.05, 0) is 27.2 Å². The normalized spacial score (nSPS) is 12.0. The van der Waals surface area contributed by atoms with Gasteiger partial charge in [0, 0.05) is 12.1 Å². The van der Waals surface area contributed by atoms with Gasteiger partial charge in [-0.1, -0.05) is 0 Å². The highest BCUT2D eigenvalue weighted by molar-refractivity contribution is 5.82. The van der Waals surface area contributed by atoms with Crippen LogP contribution in [0.5, 0.6) is 0 Å². The highest BCUT2D eigenvalue weighted by Gasteiger charge is 2.02. The maximum Gasteiger partial charge on any atom is 0.240 e. The van der Waals surface area contributed by atoms with E-state index in [1.807, 2.05) is 0 Å². The third kappa shape index (κ3) is 7.21. The van der Waals surface area contributed by atoms with Gasteiger partial charge in [0.25, 0.3) is 0 Å². The van der Waals surface area contributed by atoms with Crippen LogP contribution in [-0.2, 0) is 4.79 Å². The fourth-order valence-corrected chi connectivity index (χ4v) is 0.570. The van der Waals surface area contributed by atoms with Gasteiger partial charge in [0.05, 0.1) is 6.10 Å². The molecule has 0 rings (SSSR count). The Morgan fingerprint density at radius 3 is 2.58 bits per heavy atom. The molecule has 0 aromatic rings. The Balaban J connectivity index is 3.54. The Labute approximate surface area is 72.7 Å². The second-order valence-corrected chi connectivity index (χ2v) is 2.98. The van der Waals surface area contributed by atoms with Gasteiger partial charge < -0.3 is 5.11 Å². The topological polar surface area (TPSA) is 61.7 Å². The zero-order valence-electron chi connectivity index (χ0n) is 7.79. The molecule has 70 valence electrons. The minimum absolute atomic E-state index is 0.155. The maximum absolute atomic E-state index is 10.9. The molecule has 0 heterocycles. The molecule has 0 saturated carbocycles. The number of nitrogens with zero attached hydrogens (tertiary/aromatic N) is 1. The highest BCUT2D eigenvalue weighted by Crippen LogP contribution is 1.94. The van der Waals surface area contributed by atoms with E-state index in [1.165, 1.54) is 0 Å². The van der Waals surface area contributed by atoms with Gasteiger partial charge >= 0.3 is 0 Å². The summed E-state index contributed by atoms with van der Waals surface area (Å²) in [5, 5.41) is 12.6. The number of amides is 1. The Morgan fingerprint density at radius 2 is 2.17 bits per heavy atom. The van der Waals surface area contributed by atoms with Crippen LogP contribution in [0.25, 0.3) is 0 Å². The van der Waals surface area contributed by atoms with Crippen molar-refractivity contribution in [1.82, 2.24) is 5.43 Å². The molecule has 0 fully saturated rings. The van der Waals surface area contributed by atoms with Crippen molar-refractivity contribution in [2.24, 2.45) is 5.10 Å². The summed E-state index contributed by atoms with van der Waals surface area (Å²) in [7, 11) is 0. The van der Waals surface area contributed by atoms with Crippen molar-refractivity contribution >= 4 is 11.6 Å². The quantitative estimate of drug-likeness (QED) is 0.483. The molecular formula is C8H16N2O2. The molecule has 2 N–H and O–H groups in total. The van der Waals surface area contributed by atoms with E-state index >= 15 is 0 Å². The Bertz CT molecular complexity index is 172. The number of nitrogens with one attached hydrogen (secondary N) is 1. The third-order valence-corrected chi connectivity index (χ3v) is 1.19. The lowest BCUT2D eigenvalue weighted by molar-refractivity contribution is -0.121. The summed E-state index contributed by atoms with van der Waals surface area (Å²) in [4.78, 5) is 10.9. The monoisotopic (exact) mass is 172 g/mol. The lowest BCUT2D eigenvalue weighted by atomic mass is 10.2. The van der Waals surface area contributed by atoms with Crippen LogP contribution in [0, 0.1) is 0 Å². The average Bonchev–Trinajstić information content (AvgIpc) is 1.96. The van der Waals surface area contributed by atoms with Crippen LogP contribution in [0.1, 0.15) is 33.6 Å². The standard InChI is InChI=1S/C8H16N2O2/c1-6(2)9-10-8(12)5-4-7(3)11/h7,11H,4-5H2,1-3H3,(H,10,12)/t7-/m1/s1. The lowest BCUT2D eigenvalue weighted by Gasteiger charge is -2.02. The van der Waals surface area contributed by atoms with Gasteiger partial charge in [0.2, 0.25) is 5.91 Å². The fraction of sp³-hybridized carbons (Fsp3) is 0.750. The summed E-state index contributed by atoms with van der Waals surface area (Å²) >= 11 is 0. The molecule has 12 heavy (non-hydrogen) atoms. The third-order valence-electron chi connectivity index (χ3n) is 1.19. The average molecular weight is 172 g/mol. The number of aliphatic hydroxyl groups excluding tert-OH is 1. The van der Waals surface area contributed by atoms with Gasteiger partial charge in [-0.3, -0.25) is 4.79 Å². The summed E-state index contributed by atoms with van der Waals surface area (Å²) in [6, 6.07) is 0. The zero-order valence-corrected chi connectivity index (χ0v) is 7.79. The molecule has 1 amide bonds.